The lowest BCUT2D eigenvalue weighted by atomic mass is 9.86. The fourth-order valence-electron chi connectivity index (χ4n) is 11.4. The number of carbonyl (C=O) groups excluding carboxylic acids is 2. The first-order valence-corrected chi connectivity index (χ1v) is 35.9. The van der Waals surface area contributed by atoms with Gasteiger partial charge in [-0.1, -0.05) is 320 Å². The van der Waals surface area contributed by atoms with Crippen LogP contribution in [0.3, 0.4) is 0 Å². The fraction of sp³-hybridized carbons (Fsp3) is 0.579. The van der Waals surface area contributed by atoms with Crippen LogP contribution in [0.5, 0.6) is 0 Å². The monoisotopic (exact) mass is 1240 g/mol. The van der Waals surface area contributed by atoms with Crippen LogP contribution in [0.25, 0.3) is 0 Å². The van der Waals surface area contributed by atoms with E-state index in [0.717, 1.165) is 66.3 Å². The van der Waals surface area contributed by atoms with Gasteiger partial charge in [0, 0.05) is 19.3 Å². The number of benzene rings is 5. The highest BCUT2D eigenvalue weighted by atomic mass is 31.2. The van der Waals surface area contributed by atoms with E-state index in [2.05, 4.69) is 13.8 Å². The van der Waals surface area contributed by atoms with E-state index in [1.54, 1.807) is 0 Å². The van der Waals surface area contributed by atoms with Gasteiger partial charge in [0.2, 0.25) is 0 Å². The number of rotatable bonds is 51. The molecule has 7 atom stereocenters. The Morgan fingerprint density at radius 1 is 0.371 bits per heavy atom. The molecular formula is C76H109O12P. The van der Waals surface area contributed by atoms with Gasteiger partial charge in [0.05, 0.1) is 51.8 Å². The second-order valence-corrected chi connectivity index (χ2v) is 25.9. The Kier molecular flexibility index (Phi) is 37.8. The van der Waals surface area contributed by atoms with Gasteiger partial charge >= 0.3 is 19.8 Å². The third kappa shape index (κ3) is 31.7. The van der Waals surface area contributed by atoms with Crippen LogP contribution in [0.2, 0.25) is 0 Å². The van der Waals surface area contributed by atoms with E-state index in [1.807, 2.05) is 152 Å². The minimum Gasteiger partial charge on any atom is -0.462 e. The molecule has 1 fully saturated rings. The summed E-state index contributed by atoms with van der Waals surface area (Å²) in [7, 11) is -4.73. The van der Waals surface area contributed by atoms with E-state index in [1.165, 1.54) is 116 Å². The van der Waals surface area contributed by atoms with Gasteiger partial charge in [0.1, 0.15) is 24.9 Å². The average molecular weight is 1250 g/mol. The van der Waals surface area contributed by atoms with Crippen LogP contribution >= 0.6 is 7.82 Å². The van der Waals surface area contributed by atoms with Gasteiger partial charge in [-0.2, -0.15) is 0 Å². The topological polar surface area (TPSA) is 134 Å². The molecule has 13 heteroatoms. The lowest BCUT2D eigenvalue weighted by Crippen LogP contribution is -2.59. The van der Waals surface area contributed by atoms with Gasteiger partial charge in [-0.05, 0) is 40.7 Å². The predicted molar refractivity (Wildman–Crippen MR) is 356 cm³/mol. The molecule has 5 aromatic rings. The first-order chi connectivity index (χ1) is 43.8. The van der Waals surface area contributed by atoms with Crippen molar-refractivity contribution in [3.8, 4) is 0 Å². The van der Waals surface area contributed by atoms with Crippen LogP contribution in [-0.2, 0) is 89.2 Å². The van der Waals surface area contributed by atoms with E-state index in [4.69, 9.17) is 42.0 Å². The Bertz CT molecular complexity index is 2580. The average Bonchev–Trinajstić information content (AvgIpc) is 1.08. The van der Waals surface area contributed by atoms with Gasteiger partial charge in [-0.15, -0.1) is 0 Å². The van der Waals surface area contributed by atoms with Crippen LogP contribution in [0.1, 0.15) is 228 Å². The van der Waals surface area contributed by atoms with Crippen molar-refractivity contribution in [2.45, 2.75) is 270 Å². The molecule has 12 nitrogen and oxygen atoms in total. The highest BCUT2D eigenvalue weighted by Gasteiger charge is 2.52. The number of phosphoric ester groups is 1. The minimum absolute atomic E-state index is 0.144. The zero-order chi connectivity index (χ0) is 62.5. The molecule has 1 unspecified atom stereocenters. The lowest BCUT2D eigenvalue weighted by Gasteiger charge is -2.46. The van der Waals surface area contributed by atoms with Crippen molar-refractivity contribution in [1.29, 1.82) is 0 Å². The predicted octanol–water partition coefficient (Wildman–Crippen LogP) is 19.9. The normalized spacial score (nSPS) is 17.7. The Balaban J connectivity index is 1.21. The fourth-order valence-corrected chi connectivity index (χ4v) is 12.8. The summed E-state index contributed by atoms with van der Waals surface area (Å²) in [5.41, 5.74) is 4.46. The van der Waals surface area contributed by atoms with Gasteiger partial charge < -0.3 is 28.4 Å². The number of unbranched alkanes of at least 4 members (excludes halogenated alkanes) is 24. The maximum absolute atomic E-state index is 16.0. The molecule has 0 aliphatic heterocycles. The van der Waals surface area contributed by atoms with Gasteiger partial charge in [0.15, 0.2) is 6.10 Å². The maximum atomic E-state index is 16.0. The summed E-state index contributed by atoms with van der Waals surface area (Å²) in [5, 5.41) is 0. The van der Waals surface area contributed by atoms with Crippen LogP contribution < -0.4 is 0 Å². The lowest BCUT2D eigenvalue weighted by molar-refractivity contribution is -0.235. The number of phosphoric acid groups is 1. The molecule has 5 aromatic carbocycles. The first-order valence-electron chi connectivity index (χ1n) is 34.4. The highest BCUT2D eigenvalue weighted by Crippen LogP contribution is 2.54. The molecule has 1 aliphatic carbocycles. The standard InChI is InChI=1S/C76H109O12P/c1-3-5-7-9-11-13-15-17-19-21-23-25-42-54-72(77)82-62-69(87-73(78)55-43-26-24-22-20-18-16-14-12-10-8-6-4-2)63-86-89(79,85-61-68-52-40-31-41-53-68)88-75-71(81-58-65-46-34-28-35-47-65)56-70(80-57-64-44-32-27-33-45-64)74(83-59-66-48-36-29-37-49-66)76(75)84-60-67-50-38-30-39-51-67/h27-41,44-53,69-71,74-76H,3-26,42-43,54-63H2,1-2H3/t69-,70-,71-,74+,75-,76-,89?/m1/s1. The van der Waals surface area contributed by atoms with E-state index >= 15 is 4.57 Å². The van der Waals surface area contributed by atoms with Crippen molar-refractivity contribution in [2.24, 2.45) is 0 Å². The summed E-state index contributed by atoms with van der Waals surface area (Å²) in [6.45, 7) is 4.43. The van der Waals surface area contributed by atoms with Crippen molar-refractivity contribution in [3.05, 3.63) is 179 Å². The number of ether oxygens (including phenoxy) is 6. The van der Waals surface area contributed by atoms with E-state index in [0.29, 0.717) is 12.8 Å². The number of hydrogen-bond donors (Lipinski definition) is 0. The third-order valence-corrected chi connectivity index (χ3v) is 18.0. The molecule has 89 heavy (non-hydrogen) atoms. The molecule has 1 aliphatic rings. The van der Waals surface area contributed by atoms with Crippen molar-refractivity contribution in [3.63, 3.8) is 0 Å². The summed E-state index contributed by atoms with van der Waals surface area (Å²) < 4.78 is 75.4. The molecule has 0 heterocycles. The molecule has 0 N–H and O–H groups in total. The van der Waals surface area contributed by atoms with Gasteiger partial charge in [0.25, 0.3) is 0 Å². The van der Waals surface area contributed by atoms with Crippen LogP contribution in [0.15, 0.2) is 152 Å². The third-order valence-electron chi connectivity index (χ3n) is 16.6. The molecule has 0 saturated heterocycles. The summed E-state index contributed by atoms with van der Waals surface area (Å²) in [4.78, 5) is 27.2. The van der Waals surface area contributed by atoms with Crippen molar-refractivity contribution in [1.82, 2.24) is 0 Å². The van der Waals surface area contributed by atoms with E-state index in [-0.39, 0.29) is 58.9 Å². The second kappa shape index (κ2) is 46.1. The number of hydrogen-bond acceptors (Lipinski definition) is 12. The summed E-state index contributed by atoms with van der Waals surface area (Å²) in [6, 6.07) is 48.9. The Labute approximate surface area is 535 Å². The quantitative estimate of drug-likeness (QED) is 0.0208. The zero-order valence-electron chi connectivity index (χ0n) is 54.2. The SMILES string of the molecule is CCCCCCCCCCCCCCCC(=O)OC[C@H](COP(=O)(OCc1ccccc1)O[C@H]1[C@H](OCc2ccccc2)[C@@H](OCc2ccccc2)[C@H](OCc2ccccc2)C[C@H]1OCc1ccccc1)OC(=O)CCCCCCCCCCCCCCC. The van der Waals surface area contributed by atoms with E-state index < -0.39 is 63.0 Å². The summed E-state index contributed by atoms with van der Waals surface area (Å²) in [5.74, 6) is -0.846. The Hall–Kier alpha value is -5.01. The molecule has 0 amide bonds. The molecule has 490 valence electrons. The van der Waals surface area contributed by atoms with Crippen LogP contribution in [0, 0.1) is 0 Å². The van der Waals surface area contributed by atoms with Gasteiger partial charge in [-0.25, -0.2) is 4.57 Å². The van der Waals surface area contributed by atoms with Crippen molar-refractivity contribution < 1.29 is 56.1 Å². The minimum atomic E-state index is -4.73. The summed E-state index contributed by atoms with van der Waals surface area (Å²) >= 11 is 0. The van der Waals surface area contributed by atoms with Gasteiger partial charge in [-0.3, -0.25) is 23.2 Å². The highest BCUT2D eigenvalue weighted by molar-refractivity contribution is 7.48. The zero-order valence-corrected chi connectivity index (χ0v) is 55.1. The molecule has 1 saturated carbocycles. The number of carbonyl (C=O) groups is 2. The largest absolute Gasteiger partial charge is 0.475 e. The number of esters is 2. The summed E-state index contributed by atoms with van der Waals surface area (Å²) in [6.07, 6.45) is 26.1. The molecule has 0 aromatic heterocycles. The van der Waals surface area contributed by atoms with Crippen LogP contribution in [-0.4, -0.2) is 61.8 Å². The molecule has 6 rings (SSSR count). The van der Waals surface area contributed by atoms with Crippen molar-refractivity contribution in [2.75, 3.05) is 13.2 Å². The van der Waals surface area contributed by atoms with Crippen LogP contribution in [0.4, 0.5) is 0 Å². The maximum Gasteiger partial charge on any atom is 0.475 e. The first kappa shape index (κ1) is 73.0. The second-order valence-electron chi connectivity index (χ2n) is 24.3. The molecule has 0 radical (unpaired) electrons. The molecular weight excluding hydrogens is 1140 g/mol. The van der Waals surface area contributed by atoms with E-state index in [9.17, 15) is 9.59 Å². The Morgan fingerprint density at radius 3 is 1.09 bits per heavy atom. The van der Waals surface area contributed by atoms with Crippen molar-refractivity contribution >= 4 is 19.8 Å². The molecule has 0 bridgehead atoms. The molecule has 0 spiro atoms. The Morgan fingerprint density at radius 2 is 0.697 bits per heavy atom. The smallest absolute Gasteiger partial charge is 0.462 e.